The van der Waals surface area contributed by atoms with E-state index >= 15 is 0 Å². The smallest absolute Gasteiger partial charge is 0.147 e. The third-order valence-electron chi connectivity index (χ3n) is 4.57. The van der Waals surface area contributed by atoms with Gasteiger partial charge in [0.1, 0.15) is 5.78 Å². The van der Waals surface area contributed by atoms with Crippen molar-refractivity contribution in [1.29, 1.82) is 0 Å². The van der Waals surface area contributed by atoms with Crippen LogP contribution in [0, 0.1) is 5.41 Å². The third-order valence-corrected chi connectivity index (χ3v) is 4.57. The van der Waals surface area contributed by atoms with Gasteiger partial charge in [-0.2, -0.15) is 0 Å². The zero-order chi connectivity index (χ0) is 13.5. The number of hydrogen-bond acceptors (Lipinski definition) is 1. The summed E-state index contributed by atoms with van der Waals surface area (Å²) in [6, 6.07) is 10.4. The van der Waals surface area contributed by atoms with E-state index in [-0.39, 0.29) is 5.41 Å². The van der Waals surface area contributed by atoms with Crippen molar-refractivity contribution in [2.24, 2.45) is 5.41 Å². The minimum Gasteiger partial charge on any atom is -0.298 e. The Balaban J connectivity index is 2.20. The molecular weight excluding hydrogens is 232 g/mol. The van der Waals surface area contributed by atoms with Crippen LogP contribution < -0.4 is 0 Å². The van der Waals surface area contributed by atoms with Gasteiger partial charge in [-0.25, -0.2) is 0 Å². The van der Waals surface area contributed by atoms with Crippen LogP contribution >= 0.6 is 0 Å². The van der Waals surface area contributed by atoms with Crippen molar-refractivity contribution in [3.8, 4) is 0 Å². The van der Waals surface area contributed by atoms with Crippen LogP contribution in [-0.2, 0) is 10.2 Å². The number of hydrogen-bond donors (Lipinski definition) is 0. The lowest BCUT2D eigenvalue weighted by Crippen LogP contribution is -2.25. The van der Waals surface area contributed by atoms with Crippen LogP contribution in [0.1, 0.15) is 25.8 Å². The van der Waals surface area contributed by atoms with Crippen molar-refractivity contribution in [3.63, 3.8) is 0 Å². The van der Waals surface area contributed by atoms with E-state index in [9.17, 15) is 4.79 Å². The standard InChI is InChI=1S/C18H18O/c1-17-12-8-4-7-11-15(17)18(2,13-16(17)19)14-9-5-3-6-10-14/h3-12H,13H2,1-2H3/t17-,18?/m1/s1. The molecule has 0 spiro atoms. The van der Waals surface area contributed by atoms with Crippen LogP contribution in [0.4, 0.5) is 0 Å². The molecule has 2 aliphatic carbocycles. The van der Waals surface area contributed by atoms with Crippen molar-refractivity contribution in [3.05, 3.63) is 71.8 Å². The molecule has 0 heterocycles. The van der Waals surface area contributed by atoms with Gasteiger partial charge in [0.2, 0.25) is 0 Å². The van der Waals surface area contributed by atoms with E-state index in [1.54, 1.807) is 0 Å². The van der Waals surface area contributed by atoms with E-state index in [2.05, 4.69) is 25.1 Å². The van der Waals surface area contributed by atoms with E-state index < -0.39 is 5.41 Å². The number of allylic oxidation sites excluding steroid dienone is 6. The first-order valence-corrected chi connectivity index (χ1v) is 6.73. The molecule has 0 N–H and O–H groups in total. The Morgan fingerprint density at radius 3 is 2.47 bits per heavy atom. The van der Waals surface area contributed by atoms with Gasteiger partial charge in [-0.15, -0.1) is 0 Å². The summed E-state index contributed by atoms with van der Waals surface area (Å²) in [7, 11) is 0. The number of Topliss-reactive ketones (excluding diaryl/α,β-unsaturated/α-hetero) is 1. The summed E-state index contributed by atoms with van der Waals surface area (Å²) in [5, 5.41) is 0. The highest BCUT2D eigenvalue weighted by molar-refractivity contribution is 5.96. The molecule has 2 aliphatic rings. The van der Waals surface area contributed by atoms with Gasteiger partial charge in [0, 0.05) is 11.8 Å². The molecule has 1 nitrogen and oxygen atoms in total. The highest BCUT2D eigenvalue weighted by atomic mass is 16.1. The lowest BCUT2D eigenvalue weighted by atomic mass is 9.72. The molecule has 1 unspecified atom stereocenters. The lowest BCUT2D eigenvalue weighted by molar-refractivity contribution is -0.122. The summed E-state index contributed by atoms with van der Waals surface area (Å²) < 4.78 is 0. The molecular formula is C18H18O. The predicted molar refractivity (Wildman–Crippen MR) is 77.9 cm³/mol. The molecule has 0 bridgehead atoms. The van der Waals surface area contributed by atoms with Gasteiger partial charge in [0.25, 0.3) is 0 Å². The van der Waals surface area contributed by atoms with Crippen molar-refractivity contribution in [2.75, 3.05) is 0 Å². The molecule has 19 heavy (non-hydrogen) atoms. The molecule has 1 fully saturated rings. The van der Waals surface area contributed by atoms with E-state index in [1.165, 1.54) is 11.1 Å². The maximum absolute atomic E-state index is 12.6. The Morgan fingerprint density at radius 1 is 1.00 bits per heavy atom. The first-order valence-electron chi connectivity index (χ1n) is 6.73. The molecule has 1 aromatic carbocycles. The third kappa shape index (κ3) is 1.65. The van der Waals surface area contributed by atoms with Crippen molar-refractivity contribution in [1.82, 2.24) is 0 Å². The Bertz CT molecular complexity index is 606. The minimum atomic E-state index is -0.450. The van der Waals surface area contributed by atoms with Gasteiger partial charge in [0.15, 0.2) is 0 Å². The van der Waals surface area contributed by atoms with Crippen LogP contribution in [0.2, 0.25) is 0 Å². The largest absolute Gasteiger partial charge is 0.298 e. The van der Waals surface area contributed by atoms with E-state index in [0.717, 1.165) is 0 Å². The van der Waals surface area contributed by atoms with Crippen LogP contribution in [0.3, 0.4) is 0 Å². The SMILES string of the molecule is CC1(c2ccccc2)CC(=O)[C@]2(C)C=CC=CC=C12. The molecule has 2 atom stereocenters. The topological polar surface area (TPSA) is 17.1 Å². The van der Waals surface area contributed by atoms with Crippen LogP contribution in [0.5, 0.6) is 0 Å². The summed E-state index contributed by atoms with van der Waals surface area (Å²) in [5.41, 5.74) is 1.79. The first-order chi connectivity index (χ1) is 9.07. The number of ketones is 1. The van der Waals surface area contributed by atoms with E-state index in [1.807, 2.05) is 49.4 Å². The second-order valence-corrected chi connectivity index (χ2v) is 5.82. The molecule has 0 aromatic heterocycles. The maximum atomic E-state index is 12.6. The number of carbonyl (C=O) groups is 1. The highest BCUT2D eigenvalue weighted by Gasteiger charge is 2.52. The molecule has 3 rings (SSSR count). The Labute approximate surface area is 114 Å². The normalized spacial score (nSPS) is 32.9. The van der Waals surface area contributed by atoms with Gasteiger partial charge in [0.05, 0.1) is 5.41 Å². The van der Waals surface area contributed by atoms with Gasteiger partial charge in [-0.1, -0.05) is 67.6 Å². The number of benzene rings is 1. The van der Waals surface area contributed by atoms with Gasteiger partial charge in [-0.3, -0.25) is 4.79 Å². The van der Waals surface area contributed by atoms with Gasteiger partial charge < -0.3 is 0 Å². The summed E-state index contributed by atoms with van der Waals surface area (Å²) in [6.07, 6.45) is 10.8. The monoisotopic (exact) mass is 250 g/mol. The molecule has 0 amide bonds. The zero-order valence-electron chi connectivity index (χ0n) is 11.4. The average Bonchev–Trinajstić information content (AvgIpc) is 2.58. The summed E-state index contributed by atoms with van der Waals surface area (Å²) in [4.78, 5) is 12.6. The van der Waals surface area contributed by atoms with Crippen LogP contribution in [0.25, 0.3) is 0 Å². The van der Waals surface area contributed by atoms with Crippen LogP contribution in [-0.4, -0.2) is 5.78 Å². The van der Waals surface area contributed by atoms with Crippen molar-refractivity contribution < 1.29 is 4.79 Å². The van der Waals surface area contributed by atoms with Crippen molar-refractivity contribution >= 4 is 5.78 Å². The molecule has 0 aliphatic heterocycles. The highest BCUT2D eigenvalue weighted by Crippen LogP contribution is 2.53. The fraction of sp³-hybridized carbons (Fsp3) is 0.278. The maximum Gasteiger partial charge on any atom is 0.147 e. The number of carbonyl (C=O) groups excluding carboxylic acids is 1. The molecule has 96 valence electrons. The summed E-state index contributed by atoms with van der Waals surface area (Å²) in [6.45, 7) is 4.23. The zero-order valence-corrected chi connectivity index (χ0v) is 11.4. The Morgan fingerprint density at radius 2 is 1.74 bits per heavy atom. The molecule has 1 heteroatoms. The predicted octanol–water partition coefficient (Wildman–Crippen LogP) is 3.98. The van der Waals surface area contributed by atoms with Crippen LogP contribution in [0.15, 0.2) is 66.3 Å². The minimum absolute atomic E-state index is 0.188. The lowest BCUT2D eigenvalue weighted by Gasteiger charge is -2.30. The number of rotatable bonds is 1. The van der Waals surface area contributed by atoms with Gasteiger partial charge >= 0.3 is 0 Å². The summed E-state index contributed by atoms with van der Waals surface area (Å²) >= 11 is 0. The summed E-state index contributed by atoms with van der Waals surface area (Å²) in [5.74, 6) is 0.310. The quantitative estimate of drug-likeness (QED) is 0.737. The fourth-order valence-corrected chi connectivity index (χ4v) is 3.39. The average molecular weight is 250 g/mol. The molecule has 1 aromatic rings. The Hall–Kier alpha value is -1.89. The molecule has 1 saturated carbocycles. The second-order valence-electron chi connectivity index (χ2n) is 5.82. The Kier molecular flexibility index (Phi) is 2.60. The van der Waals surface area contributed by atoms with Crippen molar-refractivity contribution in [2.45, 2.75) is 25.7 Å². The number of fused-ring (bicyclic) bond motifs is 1. The molecule has 0 saturated heterocycles. The van der Waals surface area contributed by atoms with E-state index in [4.69, 9.17) is 0 Å². The fourth-order valence-electron chi connectivity index (χ4n) is 3.39. The molecule has 0 radical (unpaired) electrons. The second kappa shape index (κ2) is 4.06. The van der Waals surface area contributed by atoms with E-state index in [0.29, 0.717) is 12.2 Å². The first kappa shape index (κ1) is 12.2. The van der Waals surface area contributed by atoms with Gasteiger partial charge in [-0.05, 0) is 18.1 Å².